The molecular formula is C9H18BrNO3. The van der Waals surface area contributed by atoms with Crippen LogP contribution in [-0.2, 0) is 14.3 Å². The van der Waals surface area contributed by atoms with Crippen LogP contribution in [0.4, 0.5) is 0 Å². The summed E-state index contributed by atoms with van der Waals surface area (Å²) < 4.78 is 9.82. The first kappa shape index (κ1) is 13.9. The third kappa shape index (κ3) is 9.95. The van der Waals surface area contributed by atoms with Gasteiger partial charge in [-0.2, -0.15) is 0 Å². The van der Waals surface area contributed by atoms with E-state index < -0.39 is 0 Å². The van der Waals surface area contributed by atoms with Crippen LogP contribution >= 0.6 is 15.9 Å². The molecule has 0 rings (SSSR count). The van der Waals surface area contributed by atoms with E-state index in [9.17, 15) is 4.79 Å². The summed E-state index contributed by atoms with van der Waals surface area (Å²) in [4.78, 5) is 11.1. The Morgan fingerprint density at radius 1 is 1.36 bits per heavy atom. The zero-order valence-electron chi connectivity index (χ0n) is 8.55. The van der Waals surface area contributed by atoms with Crippen molar-refractivity contribution >= 4 is 21.8 Å². The maximum absolute atomic E-state index is 11.1. The molecule has 0 atom stereocenters. The van der Waals surface area contributed by atoms with Gasteiger partial charge in [-0.15, -0.1) is 0 Å². The molecule has 0 aliphatic rings. The van der Waals surface area contributed by atoms with Crippen LogP contribution in [0.15, 0.2) is 0 Å². The normalized spacial score (nSPS) is 10.1. The molecule has 0 aromatic heterocycles. The third-order valence-corrected chi connectivity index (χ3v) is 2.11. The zero-order valence-corrected chi connectivity index (χ0v) is 10.1. The number of halogens is 1. The SMILES string of the molecule is COCCOCC(=O)NCCCCBr. The lowest BCUT2D eigenvalue weighted by atomic mass is 10.3. The number of amides is 1. The Labute approximate surface area is 93.5 Å². The molecule has 0 spiro atoms. The number of alkyl halides is 1. The van der Waals surface area contributed by atoms with E-state index in [1.165, 1.54) is 0 Å². The molecule has 0 aliphatic heterocycles. The van der Waals surface area contributed by atoms with Crippen molar-refractivity contribution < 1.29 is 14.3 Å². The number of hydrogen-bond donors (Lipinski definition) is 1. The molecule has 0 aromatic rings. The smallest absolute Gasteiger partial charge is 0.245 e. The minimum Gasteiger partial charge on any atom is -0.382 e. The average molecular weight is 268 g/mol. The van der Waals surface area contributed by atoms with Gasteiger partial charge >= 0.3 is 0 Å². The van der Waals surface area contributed by atoms with Crippen molar-refractivity contribution in [3.05, 3.63) is 0 Å². The van der Waals surface area contributed by atoms with Crippen LogP contribution in [-0.4, -0.2) is 44.7 Å². The summed E-state index contributed by atoms with van der Waals surface area (Å²) in [7, 11) is 1.60. The Bertz CT molecular complexity index is 130. The second kappa shape index (κ2) is 10.9. The summed E-state index contributed by atoms with van der Waals surface area (Å²) >= 11 is 3.32. The average Bonchev–Trinajstić information content (AvgIpc) is 2.19. The molecule has 1 amide bonds. The van der Waals surface area contributed by atoms with Crippen LogP contribution in [0.1, 0.15) is 12.8 Å². The van der Waals surface area contributed by atoms with Gasteiger partial charge in [0.15, 0.2) is 0 Å². The van der Waals surface area contributed by atoms with E-state index in [0.29, 0.717) is 13.2 Å². The van der Waals surface area contributed by atoms with Crippen molar-refractivity contribution in [1.29, 1.82) is 0 Å². The highest BCUT2D eigenvalue weighted by molar-refractivity contribution is 9.09. The number of carbonyl (C=O) groups excluding carboxylic acids is 1. The first-order chi connectivity index (χ1) is 6.81. The van der Waals surface area contributed by atoms with E-state index in [1.54, 1.807) is 7.11 Å². The van der Waals surface area contributed by atoms with Crippen molar-refractivity contribution in [3.63, 3.8) is 0 Å². The van der Waals surface area contributed by atoms with E-state index in [2.05, 4.69) is 21.2 Å². The molecule has 0 saturated heterocycles. The van der Waals surface area contributed by atoms with Gasteiger partial charge in [-0.3, -0.25) is 4.79 Å². The van der Waals surface area contributed by atoms with Gasteiger partial charge < -0.3 is 14.8 Å². The Morgan fingerprint density at radius 3 is 2.79 bits per heavy atom. The predicted molar refractivity (Wildman–Crippen MR) is 58.7 cm³/mol. The number of unbranched alkanes of at least 4 members (excludes halogenated alkanes) is 1. The van der Waals surface area contributed by atoms with Crippen molar-refractivity contribution in [1.82, 2.24) is 5.32 Å². The Balaban J connectivity index is 3.11. The quantitative estimate of drug-likeness (QED) is 0.500. The summed E-state index contributed by atoms with van der Waals surface area (Å²) in [5.74, 6) is -0.0596. The number of hydrogen-bond acceptors (Lipinski definition) is 3. The number of rotatable bonds is 9. The predicted octanol–water partition coefficient (Wildman–Crippen LogP) is 0.941. The number of nitrogens with one attached hydrogen (secondary N) is 1. The fourth-order valence-electron chi connectivity index (χ4n) is 0.805. The zero-order chi connectivity index (χ0) is 10.6. The summed E-state index contributed by atoms with van der Waals surface area (Å²) in [5.41, 5.74) is 0. The van der Waals surface area contributed by atoms with Gasteiger partial charge in [0.2, 0.25) is 5.91 Å². The summed E-state index contributed by atoms with van der Waals surface area (Å²) in [6, 6.07) is 0. The fourth-order valence-corrected chi connectivity index (χ4v) is 1.20. The molecule has 14 heavy (non-hydrogen) atoms. The van der Waals surface area contributed by atoms with E-state index in [1.807, 2.05) is 0 Å². The molecule has 5 heteroatoms. The monoisotopic (exact) mass is 267 g/mol. The number of methoxy groups -OCH3 is 1. The summed E-state index contributed by atoms with van der Waals surface area (Å²) in [5, 5.41) is 3.75. The van der Waals surface area contributed by atoms with Gasteiger partial charge in [0.1, 0.15) is 6.61 Å². The maximum Gasteiger partial charge on any atom is 0.245 e. The minimum atomic E-state index is -0.0596. The molecular weight excluding hydrogens is 250 g/mol. The third-order valence-electron chi connectivity index (χ3n) is 1.55. The lowest BCUT2D eigenvalue weighted by Gasteiger charge is -2.05. The highest BCUT2D eigenvalue weighted by Crippen LogP contribution is 1.91. The second-order valence-electron chi connectivity index (χ2n) is 2.79. The van der Waals surface area contributed by atoms with Crippen LogP contribution in [0, 0.1) is 0 Å². The van der Waals surface area contributed by atoms with Crippen molar-refractivity contribution in [2.45, 2.75) is 12.8 Å². The van der Waals surface area contributed by atoms with E-state index in [0.717, 1.165) is 24.7 Å². The van der Waals surface area contributed by atoms with Crippen LogP contribution in [0.2, 0.25) is 0 Å². The lowest BCUT2D eigenvalue weighted by molar-refractivity contribution is -0.126. The maximum atomic E-state index is 11.1. The first-order valence-corrected chi connectivity index (χ1v) is 5.82. The molecule has 4 nitrogen and oxygen atoms in total. The van der Waals surface area contributed by atoms with Crippen molar-refractivity contribution in [3.8, 4) is 0 Å². The highest BCUT2D eigenvalue weighted by Gasteiger charge is 1.99. The number of ether oxygens (including phenoxy) is 2. The van der Waals surface area contributed by atoms with Crippen LogP contribution < -0.4 is 5.32 Å². The Hall–Kier alpha value is -0.130. The van der Waals surface area contributed by atoms with Gasteiger partial charge in [0, 0.05) is 19.0 Å². The van der Waals surface area contributed by atoms with Crippen LogP contribution in [0.25, 0.3) is 0 Å². The summed E-state index contributed by atoms with van der Waals surface area (Å²) in [6.45, 7) is 1.83. The molecule has 0 fully saturated rings. The van der Waals surface area contributed by atoms with Gasteiger partial charge in [-0.25, -0.2) is 0 Å². The number of carbonyl (C=O) groups is 1. The fraction of sp³-hybridized carbons (Fsp3) is 0.889. The Morgan fingerprint density at radius 2 is 2.14 bits per heavy atom. The first-order valence-electron chi connectivity index (χ1n) is 4.70. The molecule has 0 aliphatic carbocycles. The van der Waals surface area contributed by atoms with Crippen LogP contribution in [0.3, 0.4) is 0 Å². The van der Waals surface area contributed by atoms with Gasteiger partial charge in [0.25, 0.3) is 0 Å². The van der Waals surface area contributed by atoms with E-state index in [-0.39, 0.29) is 12.5 Å². The van der Waals surface area contributed by atoms with Crippen molar-refractivity contribution in [2.24, 2.45) is 0 Å². The second-order valence-corrected chi connectivity index (χ2v) is 3.58. The minimum absolute atomic E-state index is 0.0596. The molecule has 0 radical (unpaired) electrons. The largest absolute Gasteiger partial charge is 0.382 e. The molecule has 1 N–H and O–H groups in total. The van der Waals surface area contributed by atoms with Gasteiger partial charge in [-0.1, -0.05) is 15.9 Å². The molecule has 0 aromatic carbocycles. The topological polar surface area (TPSA) is 47.6 Å². The summed E-state index contributed by atoms with van der Waals surface area (Å²) in [6.07, 6.45) is 2.07. The molecule has 0 saturated carbocycles. The molecule has 0 bridgehead atoms. The Kier molecular flexibility index (Phi) is 10.8. The standard InChI is InChI=1S/C9H18BrNO3/c1-13-6-7-14-8-9(12)11-5-3-2-4-10/h2-8H2,1H3,(H,11,12). The molecule has 0 unspecified atom stereocenters. The van der Waals surface area contributed by atoms with Gasteiger partial charge in [0.05, 0.1) is 13.2 Å². The molecule has 0 heterocycles. The van der Waals surface area contributed by atoms with Crippen molar-refractivity contribution in [2.75, 3.05) is 38.8 Å². The highest BCUT2D eigenvalue weighted by atomic mass is 79.9. The van der Waals surface area contributed by atoms with Crippen LogP contribution in [0.5, 0.6) is 0 Å². The lowest BCUT2D eigenvalue weighted by Crippen LogP contribution is -2.29. The van der Waals surface area contributed by atoms with E-state index >= 15 is 0 Å². The molecule has 84 valence electrons. The van der Waals surface area contributed by atoms with E-state index in [4.69, 9.17) is 9.47 Å². The van der Waals surface area contributed by atoms with Gasteiger partial charge in [-0.05, 0) is 12.8 Å².